The summed E-state index contributed by atoms with van der Waals surface area (Å²) in [5.41, 5.74) is 6.03. The summed E-state index contributed by atoms with van der Waals surface area (Å²) in [5, 5.41) is 0. The first-order valence-corrected chi connectivity index (χ1v) is 12.1. The predicted octanol–water partition coefficient (Wildman–Crippen LogP) is 2.77. The van der Waals surface area contributed by atoms with Gasteiger partial charge in [-0.05, 0) is 60.2 Å². The molecule has 2 amide bonds. The van der Waals surface area contributed by atoms with E-state index in [4.69, 9.17) is 4.74 Å². The van der Waals surface area contributed by atoms with Crippen LogP contribution in [0.15, 0.2) is 78.0 Å². The van der Waals surface area contributed by atoms with E-state index < -0.39 is 21.8 Å². The fourth-order valence-corrected chi connectivity index (χ4v) is 4.62. The minimum absolute atomic E-state index is 0.0116. The summed E-state index contributed by atoms with van der Waals surface area (Å²) in [7, 11) is -3.71. The summed E-state index contributed by atoms with van der Waals surface area (Å²) < 4.78 is 32.3. The molecule has 0 aliphatic heterocycles. The first-order chi connectivity index (χ1) is 16.3. The molecule has 0 saturated heterocycles. The van der Waals surface area contributed by atoms with Gasteiger partial charge in [-0.1, -0.05) is 19.9 Å². The van der Waals surface area contributed by atoms with Crippen LogP contribution in [0, 0.1) is 0 Å². The van der Waals surface area contributed by atoms with Gasteiger partial charge in [0.15, 0.2) is 0 Å². The van der Waals surface area contributed by atoms with Crippen LogP contribution in [0.3, 0.4) is 0 Å². The van der Waals surface area contributed by atoms with E-state index in [-0.39, 0.29) is 10.5 Å². The molecule has 0 unspecified atom stereocenters. The van der Waals surface area contributed by atoms with Gasteiger partial charge in [0.05, 0.1) is 4.90 Å². The molecule has 1 heterocycles. The number of hydrogen-bond acceptors (Lipinski definition) is 6. The number of aromatic nitrogens is 1. The van der Waals surface area contributed by atoms with Crippen molar-refractivity contribution in [2.24, 2.45) is 0 Å². The molecule has 0 radical (unpaired) electrons. The highest BCUT2D eigenvalue weighted by atomic mass is 32.2. The molecule has 0 atom stereocenters. The largest absolute Gasteiger partial charge is 0.489 e. The lowest BCUT2D eigenvalue weighted by Crippen LogP contribution is -2.41. The fraction of sp³-hybridized carbons (Fsp3) is 0.208. The molecule has 1 aromatic heterocycles. The Hall–Kier alpha value is -3.76. The van der Waals surface area contributed by atoms with E-state index >= 15 is 0 Å². The molecule has 178 valence electrons. The van der Waals surface area contributed by atoms with Gasteiger partial charge in [0.25, 0.3) is 11.8 Å². The maximum absolute atomic E-state index is 12.7. The van der Waals surface area contributed by atoms with Crippen molar-refractivity contribution in [1.29, 1.82) is 0 Å². The normalized spacial score (nSPS) is 11.1. The minimum Gasteiger partial charge on any atom is -0.489 e. The lowest BCUT2D eigenvalue weighted by Gasteiger charge is -2.18. The average molecular weight is 483 g/mol. The SMILES string of the molecule is CCN(CC)S(=O)(=O)c1cccc(C(=O)NNC(=O)c2ccc(OCc3ccncc3)cc2)c1. The molecule has 9 nitrogen and oxygen atoms in total. The van der Waals surface area contributed by atoms with E-state index in [1.165, 1.54) is 28.6 Å². The maximum Gasteiger partial charge on any atom is 0.269 e. The number of rotatable bonds is 9. The van der Waals surface area contributed by atoms with Crippen LogP contribution in [0.2, 0.25) is 0 Å². The lowest BCUT2D eigenvalue weighted by molar-refractivity contribution is 0.0846. The second kappa shape index (κ2) is 11.4. The van der Waals surface area contributed by atoms with Crippen LogP contribution in [0.5, 0.6) is 5.75 Å². The number of nitrogens with zero attached hydrogens (tertiary/aromatic N) is 2. The quantitative estimate of drug-likeness (QED) is 0.453. The van der Waals surface area contributed by atoms with Gasteiger partial charge in [-0.15, -0.1) is 0 Å². The standard InChI is InChI=1S/C24H26N4O5S/c1-3-28(4-2)34(31,32)22-7-5-6-20(16-22)24(30)27-26-23(29)19-8-10-21(11-9-19)33-17-18-12-14-25-15-13-18/h5-16H,3-4,17H2,1-2H3,(H,26,29)(H,27,30). The van der Waals surface area contributed by atoms with Crippen molar-refractivity contribution in [3.05, 3.63) is 89.7 Å². The van der Waals surface area contributed by atoms with E-state index in [2.05, 4.69) is 15.8 Å². The van der Waals surface area contributed by atoms with Gasteiger partial charge in [0, 0.05) is 36.6 Å². The molecule has 0 aliphatic rings. The first kappa shape index (κ1) is 24.9. The number of hydrogen-bond donors (Lipinski definition) is 2. The van der Waals surface area contributed by atoms with Crippen LogP contribution < -0.4 is 15.6 Å². The monoisotopic (exact) mass is 482 g/mol. The van der Waals surface area contributed by atoms with Gasteiger partial charge in [0.2, 0.25) is 10.0 Å². The lowest BCUT2D eigenvalue weighted by atomic mass is 10.2. The Morgan fingerprint density at radius 3 is 2.12 bits per heavy atom. The van der Waals surface area contributed by atoms with E-state index in [1.54, 1.807) is 50.5 Å². The number of amides is 2. The molecule has 0 fully saturated rings. The number of hydrazine groups is 1. The van der Waals surface area contributed by atoms with Gasteiger partial charge < -0.3 is 4.74 Å². The van der Waals surface area contributed by atoms with Crippen molar-refractivity contribution in [1.82, 2.24) is 20.1 Å². The fourth-order valence-electron chi connectivity index (χ4n) is 3.12. The molecule has 3 rings (SSSR count). The number of sulfonamides is 1. The predicted molar refractivity (Wildman–Crippen MR) is 126 cm³/mol. The van der Waals surface area contributed by atoms with Gasteiger partial charge >= 0.3 is 0 Å². The zero-order valence-corrected chi connectivity index (χ0v) is 19.7. The molecule has 0 aliphatic carbocycles. The van der Waals surface area contributed by atoms with Crippen LogP contribution in [0.25, 0.3) is 0 Å². The summed E-state index contributed by atoms with van der Waals surface area (Å²) >= 11 is 0. The van der Waals surface area contributed by atoms with Crippen molar-refractivity contribution in [3.8, 4) is 5.75 Å². The van der Waals surface area contributed by atoms with Gasteiger partial charge in [-0.25, -0.2) is 8.42 Å². The average Bonchev–Trinajstić information content (AvgIpc) is 2.87. The molecule has 10 heteroatoms. The van der Waals surface area contributed by atoms with Crippen LogP contribution in [0.1, 0.15) is 40.1 Å². The van der Waals surface area contributed by atoms with Gasteiger partial charge in [0.1, 0.15) is 12.4 Å². The van der Waals surface area contributed by atoms with E-state index in [0.717, 1.165) is 5.56 Å². The molecule has 0 bridgehead atoms. The van der Waals surface area contributed by atoms with Gasteiger partial charge in [-0.3, -0.25) is 25.4 Å². The minimum atomic E-state index is -3.71. The number of carbonyl (C=O) groups excluding carboxylic acids is 2. The van der Waals surface area contributed by atoms with Crippen LogP contribution in [-0.4, -0.2) is 42.6 Å². The van der Waals surface area contributed by atoms with E-state index in [0.29, 0.717) is 31.0 Å². The number of ether oxygens (including phenoxy) is 1. The third-order valence-electron chi connectivity index (χ3n) is 5.00. The number of nitrogens with one attached hydrogen (secondary N) is 2. The molecule has 2 N–H and O–H groups in total. The Kier molecular flexibility index (Phi) is 8.34. The second-order valence-electron chi connectivity index (χ2n) is 7.19. The smallest absolute Gasteiger partial charge is 0.269 e. The Bertz CT molecular complexity index is 1230. The molecule has 0 saturated carbocycles. The van der Waals surface area contributed by atoms with Gasteiger partial charge in [-0.2, -0.15) is 4.31 Å². The van der Waals surface area contributed by atoms with E-state index in [1.807, 2.05) is 12.1 Å². The number of pyridine rings is 1. The van der Waals surface area contributed by atoms with Crippen LogP contribution in [-0.2, 0) is 16.6 Å². The summed E-state index contributed by atoms with van der Waals surface area (Å²) in [6.07, 6.45) is 3.36. The Morgan fingerprint density at radius 2 is 1.50 bits per heavy atom. The zero-order valence-electron chi connectivity index (χ0n) is 18.9. The molecular weight excluding hydrogens is 456 g/mol. The topological polar surface area (TPSA) is 118 Å². The Balaban J connectivity index is 1.58. The molecule has 2 aromatic carbocycles. The highest BCUT2D eigenvalue weighted by Crippen LogP contribution is 2.17. The summed E-state index contributed by atoms with van der Waals surface area (Å²) in [5.74, 6) is -0.577. The summed E-state index contributed by atoms with van der Waals surface area (Å²) in [6.45, 7) is 4.49. The maximum atomic E-state index is 12.7. The van der Waals surface area contributed by atoms with E-state index in [9.17, 15) is 18.0 Å². The van der Waals surface area contributed by atoms with Crippen molar-refractivity contribution < 1.29 is 22.7 Å². The third kappa shape index (κ3) is 6.18. The highest BCUT2D eigenvalue weighted by Gasteiger charge is 2.22. The third-order valence-corrected chi connectivity index (χ3v) is 7.05. The second-order valence-corrected chi connectivity index (χ2v) is 9.13. The van der Waals surface area contributed by atoms with Crippen molar-refractivity contribution in [2.45, 2.75) is 25.3 Å². The highest BCUT2D eigenvalue weighted by molar-refractivity contribution is 7.89. The number of benzene rings is 2. The molecule has 3 aromatic rings. The number of carbonyl (C=O) groups is 2. The summed E-state index contributed by atoms with van der Waals surface area (Å²) in [4.78, 5) is 28.8. The zero-order chi connectivity index (χ0) is 24.6. The Labute approximate surface area is 198 Å². The van der Waals surface area contributed by atoms with Crippen LogP contribution >= 0.6 is 0 Å². The molecule has 0 spiro atoms. The van der Waals surface area contributed by atoms with Crippen molar-refractivity contribution in [2.75, 3.05) is 13.1 Å². The Morgan fingerprint density at radius 1 is 0.882 bits per heavy atom. The molecule has 34 heavy (non-hydrogen) atoms. The summed E-state index contributed by atoms with van der Waals surface area (Å²) in [6, 6.07) is 15.8. The van der Waals surface area contributed by atoms with Crippen LogP contribution in [0.4, 0.5) is 0 Å². The first-order valence-electron chi connectivity index (χ1n) is 10.7. The van der Waals surface area contributed by atoms with Crippen molar-refractivity contribution >= 4 is 21.8 Å². The van der Waals surface area contributed by atoms with Crippen molar-refractivity contribution in [3.63, 3.8) is 0 Å². The molecular formula is C24H26N4O5S.